The molecule has 2 atom stereocenters. The molecule has 0 radical (unpaired) electrons. The Kier molecular flexibility index (Phi) is 9.73. The van der Waals surface area contributed by atoms with Crippen molar-refractivity contribution in [3.05, 3.63) is 34.9 Å². The summed E-state index contributed by atoms with van der Waals surface area (Å²) >= 11 is 0. The second-order valence-electron chi connectivity index (χ2n) is 14.1. The van der Waals surface area contributed by atoms with E-state index in [4.69, 9.17) is 4.74 Å². The summed E-state index contributed by atoms with van der Waals surface area (Å²) in [4.78, 5) is 53.7. The van der Waals surface area contributed by atoms with E-state index in [1.54, 1.807) is 4.90 Å². The van der Waals surface area contributed by atoms with Gasteiger partial charge in [0.25, 0.3) is 0 Å². The molecule has 0 spiro atoms. The van der Waals surface area contributed by atoms with Crippen molar-refractivity contribution in [2.75, 3.05) is 13.2 Å². The minimum Gasteiger partial charge on any atom is -0.465 e. The number of benzene rings is 1. The molecule has 10 nitrogen and oxygen atoms in total. The van der Waals surface area contributed by atoms with Crippen LogP contribution >= 0.6 is 0 Å². The summed E-state index contributed by atoms with van der Waals surface area (Å²) in [6.45, 7) is 11.4. The van der Waals surface area contributed by atoms with Crippen LogP contribution in [0.15, 0.2) is 18.2 Å². The first-order valence-corrected chi connectivity index (χ1v) is 15.4. The summed E-state index contributed by atoms with van der Waals surface area (Å²) in [7, 11) is 0. The van der Waals surface area contributed by atoms with Crippen LogP contribution in [0.5, 0.6) is 0 Å². The number of amides is 4. The largest absolute Gasteiger partial charge is 0.465 e. The molecule has 2 heterocycles. The van der Waals surface area contributed by atoms with E-state index >= 15 is 0 Å². The molecule has 4 amide bonds. The summed E-state index contributed by atoms with van der Waals surface area (Å²) in [5.41, 5.74) is 2.60. The maximum absolute atomic E-state index is 13.6. The molecule has 1 aliphatic carbocycles. The zero-order valence-electron chi connectivity index (χ0n) is 25.8. The van der Waals surface area contributed by atoms with Gasteiger partial charge < -0.3 is 25.4 Å². The van der Waals surface area contributed by atoms with Crippen molar-refractivity contribution in [1.82, 2.24) is 20.4 Å². The van der Waals surface area contributed by atoms with Crippen molar-refractivity contribution in [3.8, 4) is 0 Å². The molecule has 2 fully saturated rings. The molecule has 42 heavy (non-hydrogen) atoms. The van der Waals surface area contributed by atoms with E-state index in [1.165, 1.54) is 10.5 Å². The van der Waals surface area contributed by atoms with E-state index in [1.807, 2.05) is 32.9 Å². The number of nitrogens with one attached hydrogen (secondary N) is 2. The Balaban J connectivity index is 1.24. The molecule has 2 aliphatic heterocycles. The topological polar surface area (TPSA) is 128 Å². The Morgan fingerprint density at radius 1 is 1.05 bits per heavy atom. The number of nitrogens with zero attached hydrogens (tertiary/aromatic N) is 2. The van der Waals surface area contributed by atoms with Gasteiger partial charge in [0.2, 0.25) is 11.8 Å². The third-order valence-corrected chi connectivity index (χ3v) is 8.63. The minimum atomic E-state index is -0.891. The smallest absolute Gasteiger partial charge is 0.407 e. The van der Waals surface area contributed by atoms with Crippen LogP contribution in [0.1, 0.15) is 96.3 Å². The molecular weight excluding hydrogens is 536 g/mol. The monoisotopic (exact) mass is 584 g/mol. The molecule has 1 saturated carbocycles. The van der Waals surface area contributed by atoms with Crippen molar-refractivity contribution >= 4 is 24.0 Å². The first-order chi connectivity index (χ1) is 19.7. The van der Waals surface area contributed by atoms with Crippen LogP contribution < -0.4 is 10.6 Å². The third-order valence-electron chi connectivity index (χ3n) is 8.63. The summed E-state index contributed by atoms with van der Waals surface area (Å²) in [6, 6.07) is 5.01. The molecule has 4 rings (SSSR count). The van der Waals surface area contributed by atoms with Gasteiger partial charge in [0, 0.05) is 25.7 Å². The Labute approximate surface area is 249 Å². The highest BCUT2D eigenvalue weighted by molar-refractivity contribution is 5.92. The molecular formula is C32H48N4O6. The molecule has 10 heteroatoms. The summed E-state index contributed by atoms with van der Waals surface area (Å²) < 4.78 is 5.63. The van der Waals surface area contributed by atoms with Gasteiger partial charge >= 0.3 is 12.2 Å². The van der Waals surface area contributed by atoms with Gasteiger partial charge in [0.05, 0.1) is 6.61 Å². The molecule has 232 valence electrons. The Morgan fingerprint density at radius 2 is 1.79 bits per heavy atom. The summed E-state index contributed by atoms with van der Waals surface area (Å²) in [5, 5.41) is 15.2. The summed E-state index contributed by atoms with van der Waals surface area (Å²) in [6.07, 6.45) is 5.47. The molecule has 3 N–H and O–H groups in total. The number of hydrogen-bond donors (Lipinski definition) is 3. The van der Waals surface area contributed by atoms with E-state index in [0.29, 0.717) is 26.1 Å². The fraction of sp³-hybridized carbons (Fsp3) is 0.688. The number of carbonyl (C=O) groups excluding carboxylic acids is 3. The fourth-order valence-corrected chi connectivity index (χ4v) is 5.92. The predicted molar refractivity (Wildman–Crippen MR) is 159 cm³/mol. The Hall–Kier alpha value is -3.30. The molecule has 2 unspecified atom stereocenters. The highest BCUT2D eigenvalue weighted by Gasteiger charge is 2.43. The van der Waals surface area contributed by atoms with Crippen LogP contribution in [0.25, 0.3) is 0 Å². The fourth-order valence-electron chi connectivity index (χ4n) is 5.92. The van der Waals surface area contributed by atoms with Crippen molar-refractivity contribution in [2.45, 2.75) is 117 Å². The first-order valence-electron chi connectivity index (χ1n) is 15.4. The average molecular weight is 585 g/mol. The van der Waals surface area contributed by atoms with Gasteiger partial charge in [-0.15, -0.1) is 0 Å². The SMILES string of the molecule is CC(C)(CCCCc1cccc2c1CN(C(=O)O)C2)COC(=O)NC(C(=O)N1CCCC1C(=O)NC1CC1)C(C)(C)C. The number of rotatable bonds is 11. The highest BCUT2D eigenvalue weighted by atomic mass is 16.5. The van der Waals surface area contributed by atoms with Crippen molar-refractivity contribution < 1.29 is 29.0 Å². The Bertz CT molecular complexity index is 1170. The molecule has 1 aromatic carbocycles. The van der Waals surface area contributed by atoms with E-state index in [-0.39, 0.29) is 29.9 Å². The lowest BCUT2D eigenvalue weighted by Crippen LogP contribution is -2.58. The number of aryl methyl sites for hydroxylation is 1. The number of unbranched alkanes of at least 4 members (excludes halogenated alkanes) is 1. The van der Waals surface area contributed by atoms with Crippen molar-refractivity contribution in [2.24, 2.45) is 10.8 Å². The van der Waals surface area contributed by atoms with Crippen molar-refractivity contribution in [3.63, 3.8) is 0 Å². The van der Waals surface area contributed by atoms with Gasteiger partial charge in [-0.3, -0.25) is 14.5 Å². The lowest BCUT2D eigenvalue weighted by Gasteiger charge is -2.35. The number of alkyl carbamates (subject to hydrolysis) is 1. The molecule has 0 aromatic heterocycles. The van der Waals surface area contributed by atoms with Gasteiger partial charge in [-0.25, -0.2) is 9.59 Å². The van der Waals surface area contributed by atoms with E-state index < -0.39 is 29.7 Å². The van der Waals surface area contributed by atoms with Gasteiger partial charge in [0.1, 0.15) is 12.1 Å². The first kappa shape index (κ1) is 31.6. The third kappa shape index (κ3) is 8.16. The number of fused-ring (bicyclic) bond motifs is 1. The lowest BCUT2D eigenvalue weighted by molar-refractivity contribution is -0.142. The van der Waals surface area contributed by atoms with Crippen LogP contribution in [0.4, 0.5) is 9.59 Å². The number of ether oxygens (including phenoxy) is 1. The zero-order chi connectivity index (χ0) is 30.7. The van der Waals surface area contributed by atoms with Gasteiger partial charge in [-0.1, -0.05) is 59.2 Å². The van der Waals surface area contributed by atoms with Crippen LogP contribution in [0.2, 0.25) is 0 Å². The molecule has 3 aliphatic rings. The number of carboxylic acid groups (broad SMARTS) is 1. The number of hydrogen-bond acceptors (Lipinski definition) is 5. The quantitative estimate of drug-likeness (QED) is 0.320. The van der Waals surface area contributed by atoms with Gasteiger partial charge in [-0.2, -0.15) is 0 Å². The highest BCUT2D eigenvalue weighted by Crippen LogP contribution is 2.30. The van der Waals surface area contributed by atoms with E-state index in [9.17, 15) is 24.3 Å². The standard InChI is InChI=1S/C32H48N4O6/c1-31(2,3)26(28(38)36-17-9-13-25(36)27(37)33-23-14-15-23)34-29(39)42-20-32(4,5)16-7-6-10-21-11-8-12-22-18-35(30(40)41)19-24(21)22/h8,11-12,23,25-26H,6-7,9-10,13-20H2,1-5H3,(H,33,37)(H,34,39)(H,40,41). The average Bonchev–Trinajstić information content (AvgIpc) is 3.40. The normalized spacial score (nSPS) is 19.3. The molecule has 1 aromatic rings. The zero-order valence-corrected chi connectivity index (χ0v) is 25.8. The maximum Gasteiger partial charge on any atom is 0.407 e. The van der Waals surface area contributed by atoms with E-state index in [2.05, 4.69) is 30.5 Å². The van der Waals surface area contributed by atoms with Crippen molar-refractivity contribution in [1.29, 1.82) is 0 Å². The van der Waals surface area contributed by atoms with Crippen LogP contribution in [0, 0.1) is 10.8 Å². The van der Waals surface area contributed by atoms with Gasteiger partial charge in [0.15, 0.2) is 0 Å². The predicted octanol–water partition coefficient (Wildman–Crippen LogP) is 4.83. The lowest BCUT2D eigenvalue weighted by atomic mass is 9.85. The molecule has 1 saturated heterocycles. The van der Waals surface area contributed by atoms with Crippen LogP contribution in [0.3, 0.4) is 0 Å². The number of carbonyl (C=O) groups is 4. The second kappa shape index (κ2) is 12.9. The number of likely N-dealkylation sites (tertiary alicyclic amines) is 1. The second-order valence-corrected chi connectivity index (χ2v) is 14.1. The van der Waals surface area contributed by atoms with E-state index in [0.717, 1.165) is 56.1 Å². The maximum atomic E-state index is 13.6. The molecule has 0 bridgehead atoms. The van der Waals surface area contributed by atoms with Gasteiger partial charge in [-0.05, 0) is 72.5 Å². The minimum absolute atomic E-state index is 0.0979. The summed E-state index contributed by atoms with van der Waals surface area (Å²) in [5.74, 6) is -0.342. The van der Waals surface area contributed by atoms with Crippen LogP contribution in [-0.2, 0) is 33.8 Å². The Morgan fingerprint density at radius 3 is 2.45 bits per heavy atom. The van der Waals surface area contributed by atoms with Crippen LogP contribution in [-0.4, -0.2) is 70.2 Å².